The van der Waals surface area contributed by atoms with E-state index in [1.165, 1.54) is 13.8 Å². The summed E-state index contributed by atoms with van der Waals surface area (Å²) < 4.78 is 25.0. The van der Waals surface area contributed by atoms with Crippen molar-refractivity contribution in [3.8, 4) is 11.5 Å². The van der Waals surface area contributed by atoms with Crippen molar-refractivity contribution in [2.45, 2.75) is 51.7 Å². The maximum atomic E-state index is 12.4. The zero-order valence-electron chi connectivity index (χ0n) is 21.1. The number of carbonyl (C=O) groups excluding carboxylic acids is 2. The Hall–Kier alpha value is -3.68. The Kier molecular flexibility index (Phi) is 5.77. The van der Waals surface area contributed by atoms with Gasteiger partial charge < -0.3 is 18.8 Å². The molecule has 1 saturated heterocycles. The Bertz CT molecular complexity index is 1550. The second-order valence-corrected chi connectivity index (χ2v) is 9.89. The zero-order chi connectivity index (χ0) is 25.7. The minimum absolute atomic E-state index is 0.415. The lowest BCUT2D eigenvalue weighted by molar-refractivity contribution is -0.133. The summed E-state index contributed by atoms with van der Waals surface area (Å²) >= 11 is 0. The molecule has 1 aliphatic heterocycles. The highest BCUT2D eigenvalue weighted by atomic mass is 16.6. The van der Waals surface area contributed by atoms with Crippen LogP contribution in [0.3, 0.4) is 0 Å². The van der Waals surface area contributed by atoms with Gasteiger partial charge in [0.25, 0.3) is 0 Å². The molecule has 6 rings (SSSR count). The van der Waals surface area contributed by atoms with Crippen LogP contribution in [-0.4, -0.2) is 24.7 Å². The van der Waals surface area contributed by atoms with Gasteiger partial charge in [0.05, 0.1) is 11.7 Å². The van der Waals surface area contributed by atoms with Crippen LogP contribution in [0, 0.1) is 0 Å². The Morgan fingerprint density at radius 1 is 0.919 bits per heavy atom. The first-order chi connectivity index (χ1) is 17.9. The van der Waals surface area contributed by atoms with E-state index in [0.29, 0.717) is 29.7 Å². The molecule has 1 aliphatic carbocycles. The number of rotatable bonds is 4. The van der Waals surface area contributed by atoms with E-state index in [1.54, 1.807) is 0 Å². The first-order valence-corrected chi connectivity index (χ1v) is 12.6. The van der Waals surface area contributed by atoms with E-state index in [1.807, 2.05) is 66.7 Å². The number of hydrogen-bond acceptors (Lipinski definition) is 6. The van der Waals surface area contributed by atoms with Gasteiger partial charge in [-0.1, -0.05) is 61.5 Å². The Labute approximate surface area is 215 Å². The van der Waals surface area contributed by atoms with Gasteiger partial charge in [0.1, 0.15) is 11.5 Å². The molecule has 1 fully saturated rings. The minimum atomic E-state index is -0.567. The van der Waals surface area contributed by atoms with Crippen LogP contribution in [0.5, 0.6) is 11.5 Å². The summed E-state index contributed by atoms with van der Waals surface area (Å²) in [4.78, 5) is 24.7. The van der Waals surface area contributed by atoms with Gasteiger partial charge in [-0.25, -0.2) is 0 Å². The maximum absolute atomic E-state index is 12.4. The van der Waals surface area contributed by atoms with Crippen molar-refractivity contribution in [2.75, 3.05) is 0 Å². The molecule has 0 aromatic heterocycles. The molecule has 2 aliphatic rings. The summed E-state index contributed by atoms with van der Waals surface area (Å²) in [6.45, 7) is 4.90. The van der Waals surface area contributed by atoms with Crippen molar-refractivity contribution >= 4 is 46.1 Å². The fourth-order valence-electron chi connectivity index (χ4n) is 5.77. The van der Waals surface area contributed by atoms with Gasteiger partial charge in [-0.15, -0.1) is 0 Å². The minimum Gasteiger partial charge on any atom is -0.426 e. The summed E-state index contributed by atoms with van der Waals surface area (Å²) in [6.07, 6.45) is 1.43. The SMILES string of the molecule is CC[C@]12Cc3c(c(OC(C)=O)c4cc5ccccc5cc4c3OC(C)=O)[C@H](C1)OB(c1ccccc1)O2. The lowest BCUT2D eigenvalue weighted by Gasteiger charge is -2.48. The summed E-state index contributed by atoms with van der Waals surface area (Å²) in [5.74, 6) is 0.104. The van der Waals surface area contributed by atoms with E-state index in [9.17, 15) is 9.59 Å². The van der Waals surface area contributed by atoms with Gasteiger partial charge in [0, 0.05) is 48.6 Å². The fourth-order valence-corrected chi connectivity index (χ4v) is 5.77. The van der Waals surface area contributed by atoms with Crippen LogP contribution in [0.15, 0.2) is 66.7 Å². The van der Waals surface area contributed by atoms with Crippen molar-refractivity contribution in [2.24, 2.45) is 0 Å². The van der Waals surface area contributed by atoms with Gasteiger partial charge in [0.2, 0.25) is 0 Å². The molecule has 4 aromatic rings. The van der Waals surface area contributed by atoms with Crippen LogP contribution in [0.25, 0.3) is 21.5 Å². The summed E-state index contributed by atoms with van der Waals surface area (Å²) in [5, 5.41) is 3.41. The zero-order valence-corrected chi connectivity index (χ0v) is 21.1. The fraction of sp³-hybridized carbons (Fsp3) is 0.267. The Morgan fingerprint density at radius 2 is 1.51 bits per heavy atom. The van der Waals surface area contributed by atoms with E-state index in [4.69, 9.17) is 18.8 Å². The maximum Gasteiger partial charge on any atom is 0.494 e. The van der Waals surface area contributed by atoms with Crippen molar-refractivity contribution in [3.63, 3.8) is 0 Å². The van der Waals surface area contributed by atoms with E-state index >= 15 is 0 Å². The lowest BCUT2D eigenvalue weighted by atomic mass is 9.68. The molecule has 7 heteroatoms. The number of hydrogen-bond donors (Lipinski definition) is 0. The predicted octanol–water partition coefficient (Wildman–Crippen LogP) is 5.42. The van der Waals surface area contributed by atoms with Crippen LogP contribution in [0.4, 0.5) is 0 Å². The number of carbonyl (C=O) groups is 2. The van der Waals surface area contributed by atoms with E-state index < -0.39 is 30.8 Å². The summed E-state index contributed by atoms with van der Waals surface area (Å²) in [5.41, 5.74) is 1.94. The molecule has 0 radical (unpaired) electrons. The number of ether oxygens (including phenoxy) is 2. The average molecular weight is 494 g/mol. The average Bonchev–Trinajstić information content (AvgIpc) is 2.89. The Balaban J connectivity index is 1.65. The molecular formula is C30H27BO6. The predicted molar refractivity (Wildman–Crippen MR) is 142 cm³/mol. The normalized spacial score (nSPS) is 20.5. The Morgan fingerprint density at radius 3 is 2.14 bits per heavy atom. The van der Waals surface area contributed by atoms with Crippen molar-refractivity contribution < 1.29 is 28.4 Å². The standard InChI is InChI=1S/C30H27BO6/c1-4-30-16-25-27(26(17-30)36-31(37-30)22-12-6-5-7-13-22)29(35-19(3)33)24-15-21-11-9-8-10-20(21)14-23(24)28(25)34-18(2)32/h5-15,26H,4,16-17H2,1-3H3/t26-,30-/m0/s1. The number of benzene rings is 4. The number of fused-ring (bicyclic) bond motifs is 6. The molecule has 37 heavy (non-hydrogen) atoms. The van der Waals surface area contributed by atoms with Crippen molar-refractivity contribution in [1.82, 2.24) is 0 Å². The van der Waals surface area contributed by atoms with Gasteiger partial charge in [-0.3, -0.25) is 9.59 Å². The van der Waals surface area contributed by atoms with Crippen LogP contribution >= 0.6 is 0 Å². The van der Waals surface area contributed by atoms with E-state index in [-0.39, 0.29) is 0 Å². The summed E-state index contributed by atoms with van der Waals surface area (Å²) in [6, 6.07) is 21.8. The third-order valence-corrected chi connectivity index (χ3v) is 7.45. The quantitative estimate of drug-likeness (QED) is 0.163. The van der Waals surface area contributed by atoms with E-state index in [2.05, 4.69) is 6.92 Å². The molecule has 4 aromatic carbocycles. The molecule has 0 amide bonds. The van der Waals surface area contributed by atoms with Gasteiger partial charge >= 0.3 is 19.1 Å². The lowest BCUT2D eigenvalue weighted by Crippen LogP contribution is -2.55. The topological polar surface area (TPSA) is 71.1 Å². The number of esters is 2. The highest BCUT2D eigenvalue weighted by molar-refractivity contribution is 6.61. The molecule has 2 bridgehead atoms. The highest BCUT2D eigenvalue weighted by Crippen LogP contribution is 2.55. The van der Waals surface area contributed by atoms with Crippen molar-refractivity contribution in [3.05, 3.63) is 77.9 Å². The molecular weight excluding hydrogens is 467 g/mol. The summed E-state index contributed by atoms with van der Waals surface area (Å²) in [7, 11) is -0.567. The van der Waals surface area contributed by atoms with Crippen LogP contribution in [0.2, 0.25) is 0 Å². The third-order valence-electron chi connectivity index (χ3n) is 7.45. The monoisotopic (exact) mass is 494 g/mol. The second-order valence-electron chi connectivity index (χ2n) is 9.89. The van der Waals surface area contributed by atoms with Crippen LogP contribution in [0.1, 0.15) is 50.8 Å². The smallest absolute Gasteiger partial charge is 0.426 e. The first-order valence-electron chi connectivity index (χ1n) is 12.6. The van der Waals surface area contributed by atoms with Crippen LogP contribution < -0.4 is 14.9 Å². The van der Waals surface area contributed by atoms with Gasteiger partial charge in [0.15, 0.2) is 0 Å². The molecule has 0 spiro atoms. The highest BCUT2D eigenvalue weighted by Gasteiger charge is 2.51. The molecule has 0 saturated carbocycles. The molecule has 186 valence electrons. The van der Waals surface area contributed by atoms with E-state index in [0.717, 1.165) is 39.2 Å². The molecule has 6 nitrogen and oxygen atoms in total. The van der Waals surface area contributed by atoms with Gasteiger partial charge in [-0.2, -0.15) is 0 Å². The molecule has 2 atom stereocenters. The third kappa shape index (κ3) is 4.08. The largest absolute Gasteiger partial charge is 0.494 e. The first kappa shape index (κ1) is 23.7. The molecule has 0 unspecified atom stereocenters. The molecule has 1 heterocycles. The van der Waals surface area contributed by atoms with Crippen molar-refractivity contribution in [1.29, 1.82) is 0 Å². The van der Waals surface area contributed by atoms with Gasteiger partial charge in [-0.05, 0) is 34.8 Å². The second kappa shape index (κ2) is 9.01. The van der Waals surface area contributed by atoms with Crippen LogP contribution in [-0.2, 0) is 25.3 Å². The molecule has 0 N–H and O–H groups in total.